The molecule has 0 fully saturated rings. The number of anilines is 2. The number of nitrogen functional groups attached to an aromatic ring is 1. The number of rotatable bonds is 1. The first-order chi connectivity index (χ1) is 5.65. The zero-order chi connectivity index (χ0) is 9.14. The molecule has 3 heteroatoms. The molecule has 0 aliphatic carbocycles. The number of nitriles is 1. The molecule has 0 spiro atoms. The number of nitrogens with zero attached hydrogens (tertiary/aromatic N) is 2. The maximum atomic E-state index is 8.68. The summed E-state index contributed by atoms with van der Waals surface area (Å²) in [5.41, 5.74) is 7.61. The van der Waals surface area contributed by atoms with Crippen LogP contribution in [0.25, 0.3) is 0 Å². The SMILES string of the molecule is CN(C)c1ccc(N)c(C#N)c1. The molecular formula is C9H11N3. The Morgan fingerprint density at radius 3 is 2.58 bits per heavy atom. The van der Waals surface area contributed by atoms with E-state index >= 15 is 0 Å². The molecule has 0 unspecified atom stereocenters. The molecule has 1 rings (SSSR count). The molecule has 0 heterocycles. The molecule has 2 N–H and O–H groups in total. The first-order valence-electron chi connectivity index (χ1n) is 3.62. The van der Waals surface area contributed by atoms with Gasteiger partial charge in [0, 0.05) is 25.5 Å². The molecule has 62 valence electrons. The summed E-state index contributed by atoms with van der Waals surface area (Å²) >= 11 is 0. The van der Waals surface area contributed by atoms with Gasteiger partial charge in [-0.3, -0.25) is 0 Å². The summed E-state index contributed by atoms with van der Waals surface area (Å²) in [4.78, 5) is 1.93. The zero-order valence-electron chi connectivity index (χ0n) is 7.20. The summed E-state index contributed by atoms with van der Waals surface area (Å²) in [5.74, 6) is 0. The molecule has 12 heavy (non-hydrogen) atoms. The average molecular weight is 161 g/mol. The predicted molar refractivity (Wildman–Crippen MR) is 49.9 cm³/mol. The summed E-state index contributed by atoms with van der Waals surface area (Å²) < 4.78 is 0. The van der Waals surface area contributed by atoms with Crippen LogP contribution in [-0.4, -0.2) is 14.1 Å². The van der Waals surface area contributed by atoms with Gasteiger partial charge in [-0.25, -0.2) is 0 Å². The Morgan fingerprint density at radius 1 is 1.42 bits per heavy atom. The third kappa shape index (κ3) is 1.48. The standard InChI is InChI=1S/C9H11N3/c1-12(2)8-3-4-9(11)7(5-8)6-10/h3-5H,11H2,1-2H3. The fourth-order valence-corrected chi connectivity index (χ4v) is 0.919. The fourth-order valence-electron chi connectivity index (χ4n) is 0.919. The van der Waals surface area contributed by atoms with Crippen LogP contribution in [0.4, 0.5) is 11.4 Å². The van der Waals surface area contributed by atoms with Crippen molar-refractivity contribution in [3.8, 4) is 6.07 Å². The minimum Gasteiger partial charge on any atom is -0.398 e. The Bertz CT molecular complexity index is 323. The quantitative estimate of drug-likeness (QED) is 0.630. The normalized spacial score (nSPS) is 9.08. The van der Waals surface area contributed by atoms with Crippen LogP contribution in [0.5, 0.6) is 0 Å². The van der Waals surface area contributed by atoms with Crippen molar-refractivity contribution in [2.24, 2.45) is 0 Å². The largest absolute Gasteiger partial charge is 0.398 e. The Morgan fingerprint density at radius 2 is 2.08 bits per heavy atom. The van der Waals surface area contributed by atoms with Crippen LogP contribution in [0.1, 0.15) is 5.56 Å². The molecule has 0 aliphatic heterocycles. The minimum atomic E-state index is 0.529. The second-order valence-corrected chi connectivity index (χ2v) is 2.78. The lowest BCUT2D eigenvalue weighted by molar-refractivity contribution is 1.13. The number of hydrogen-bond acceptors (Lipinski definition) is 3. The van der Waals surface area contributed by atoms with E-state index in [0.29, 0.717) is 11.3 Å². The van der Waals surface area contributed by atoms with Gasteiger partial charge in [-0.1, -0.05) is 0 Å². The Labute approximate surface area is 72.0 Å². The van der Waals surface area contributed by atoms with Crippen LogP contribution in [-0.2, 0) is 0 Å². The number of benzene rings is 1. The van der Waals surface area contributed by atoms with Crippen molar-refractivity contribution in [2.75, 3.05) is 24.7 Å². The van der Waals surface area contributed by atoms with Gasteiger partial charge in [-0.05, 0) is 18.2 Å². The molecule has 1 aromatic carbocycles. The molecule has 3 nitrogen and oxygen atoms in total. The van der Waals surface area contributed by atoms with E-state index < -0.39 is 0 Å². The van der Waals surface area contributed by atoms with Crippen LogP contribution < -0.4 is 10.6 Å². The Hall–Kier alpha value is -1.69. The molecule has 0 aliphatic rings. The van der Waals surface area contributed by atoms with Gasteiger partial charge in [0.2, 0.25) is 0 Å². The molecule has 0 amide bonds. The van der Waals surface area contributed by atoms with E-state index in [1.165, 1.54) is 0 Å². The van der Waals surface area contributed by atoms with Gasteiger partial charge < -0.3 is 10.6 Å². The summed E-state index contributed by atoms with van der Waals surface area (Å²) in [7, 11) is 3.85. The molecule has 0 radical (unpaired) electrons. The lowest BCUT2D eigenvalue weighted by atomic mass is 10.2. The van der Waals surface area contributed by atoms with Crippen molar-refractivity contribution < 1.29 is 0 Å². The topological polar surface area (TPSA) is 53.0 Å². The summed E-state index contributed by atoms with van der Waals surface area (Å²) in [6, 6.07) is 7.44. The Kier molecular flexibility index (Phi) is 2.20. The third-order valence-corrected chi connectivity index (χ3v) is 1.67. The van der Waals surface area contributed by atoms with E-state index in [4.69, 9.17) is 11.0 Å². The lowest BCUT2D eigenvalue weighted by Gasteiger charge is -2.12. The Balaban J connectivity index is 3.16. The fraction of sp³-hybridized carbons (Fsp3) is 0.222. The van der Waals surface area contributed by atoms with E-state index in [9.17, 15) is 0 Å². The zero-order valence-corrected chi connectivity index (χ0v) is 7.20. The first kappa shape index (κ1) is 8.41. The van der Waals surface area contributed by atoms with Crippen molar-refractivity contribution in [1.29, 1.82) is 5.26 Å². The maximum absolute atomic E-state index is 8.68. The number of nitrogens with two attached hydrogens (primary N) is 1. The summed E-state index contributed by atoms with van der Waals surface area (Å²) in [6.45, 7) is 0. The summed E-state index contributed by atoms with van der Waals surface area (Å²) in [6.07, 6.45) is 0. The van der Waals surface area contributed by atoms with Gasteiger partial charge in [-0.2, -0.15) is 5.26 Å². The first-order valence-corrected chi connectivity index (χ1v) is 3.62. The average Bonchev–Trinajstić information content (AvgIpc) is 2.05. The van der Waals surface area contributed by atoms with Crippen LogP contribution in [0, 0.1) is 11.3 Å². The van der Waals surface area contributed by atoms with Crippen LogP contribution in [0.15, 0.2) is 18.2 Å². The van der Waals surface area contributed by atoms with E-state index in [1.807, 2.05) is 31.1 Å². The van der Waals surface area contributed by atoms with Gasteiger partial charge in [0.1, 0.15) is 6.07 Å². The van der Waals surface area contributed by atoms with E-state index in [0.717, 1.165) is 5.69 Å². The van der Waals surface area contributed by atoms with E-state index in [2.05, 4.69) is 0 Å². The highest BCUT2D eigenvalue weighted by molar-refractivity contribution is 5.62. The van der Waals surface area contributed by atoms with Crippen LogP contribution in [0.2, 0.25) is 0 Å². The van der Waals surface area contributed by atoms with E-state index in [-0.39, 0.29) is 0 Å². The van der Waals surface area contributed by atoms with Gasteiger partial charge in [0.15, 0.2) is 0 Å². The molecule has 0 saturated carbocycles. The second-order valence-electron chi connectivity index (χ2n) is 2.78. The number of hydrogen-bond donors (Lipinski definition) is 1. The lowest BCUT2D eigenvalue weighted by Crippen LogP contribution is -2.08. The van der Waals surface area contributed by atoms with Crippen molar-refractivity contribution >= 4 is 11.4 Å². The van der Waals surface area contributed by atoms with Gasteiger partial charge in [0.25, 0.3) is 0 Å². The molecule has 0 saturated heterocycles. The van der Waals surface area contributed by atoms with Gasteiger partial charge in [0.05, 0.1) is 5.56 Å². The van der Waals surface area contributed by atoms with Crippen molar-refractivity contribution in [3.05, 3.63) is 23.8 Å². The van der Waals surface area contributed by atoms with Crippen molar-refractivity contribution in [3.63, 3.8) is 0 Å². The van der Waals surface area contributed by atoms with Crippen molar-refractivity contribution in [2.45, 2.75) is 0 Å². The van der Waals surface area contributed by atoms with Crippen LogP contribution >= 0.6 is 0 Å². The smallest absolute Gasteiger partial charge is 0.101 e. The molecule has 0 atom stereocenters. The molecule has 0 aromatic heterocycles. The molecule has 0 bridgehead atoms. The molecule has 1 aromatic rings. The van der Waals surface area contributed by atoms with Crippen molar-refractivity contribution in [1.82, 2.24) is 0 Å². The highest BCUT2D eigenvalue weighted by Gasteiger charge is 2.00. The van der Waals surface area contributed by atoms with Crippen LogP contribution in [0.3, 0.4) is 0 Å². The highest BCUT2D eigenvalue weighted by atomic mass is 15.1. The van der Waals surface area contributed by atoms with Gasteiger partial charge >= 0.3 is 0 Å². The second kappa shape index (κ2) is 3.14. The molecular weight excluding hydrogens is 150 g/mol. The van der Waals surface area contributed by atoms with E-state index in [1.54, 1.807) is 12.1 Å². The minimum absolute atomic E-state index is 0.529. The van der Waals surface area contributed by atoms with Gasteiger partial charge in [-0.15, -0.1) is 0 Å². The maximum Gasteiger partial charge on any atom is 0.101 e. The summed E-state index contributed by atoms with van der Waals surface area (Å²) in [5, 5.41) is 8.68. The highest BCUT2D eigenvalue weighted by Crippen LogP contribution is 2.18. The third-order valence-electron chi connectivity index (χ3n) is 1.67. The predicted octanol–water partition coefficient (Wildman–Crippen LogP) is 1.21. The monoisotopic (exact) mass is 161 g/mol.